The Labute approximate surface area is 61.3 Å². The van der Waals surface area contributed by atoms with Gasteiger partial charge in [-0.25, -0.2) is 0 Å². The topological polar surface area (TPSA) is 0 Å². The van der Waals surface area contributed by atoms with Crippen LogP contribution in [0.1, 0.15) is 20.8 Å². The minimum Gasteiger partial charge on any atom is -0.0827 e. The molecule has 0 aromatic heterocycles. The monoisotopic (exact) mass is 145 g/mol. The van der Waals surface area contributed by atoms with Crippen molar-refractivity contribution in [3.63, 3.8) is 0 Å². The lowest BCUT2D eigenvalue weighted by Gasteiger charge is -2.14. The van der Waals surface area contributed by atoms with E-state index in [0.29, 0.717) is 0 Å². The minimum atomic E-state index is 0.0249. The molecule has 0 aliphatic rings. The van der Waals surface area contributed by atoms with Crippen LogP contribution in [-0.4, -0.2) is 10.2 Å². The molecule has 0 aromatic rings. The Balaban J connectivity index is 4.02. The van der Waals surface area contributed by atoms with Gasteiger partial charge in [0.05, 0.1) is 5.37 Å². The first-order valence-corrected chi connectivity index (χ1v) is 3.22. The van der Waals surface area contributed by atoms with Gasteiger partial charge in [0.2, 0.25) is 0 Å². The van der Waals surface area contributed by atoms with Gasteiger partial charge < -0.3 is 0 Å². The lowest BCUT2D eigenvalue weighted by molar-refractivity contribution is 0.608. The fraction of sp³-hybridized carbons (Fsp3) is 0.667. The minimum absolute atomic E-state index is 0.0249. The first-order valence-electron chi connectivity index (χ1n) is 2.41. The first-order chi connectivity index (χ1) is 3.48. The second-order valence-electron chi connectivity index (χ2n) is 2.68. The molecule has 0 unspecified atom stereocenters. The second kappa shape index (κ2) is 2.65. The molecule has 8 heavy (non-hydrogen) atoms. The Kier molecular flexibility index (Phi) is 2.71. The predicted octanol–water partition coefficient (Wildman–Crippen LogP) is 2.28. The zero-order chi connectivity index (χ0) is 6.78. The van der Waals surface area contributed by atoms with Crippen LogP contribution in [0.5, 0.6) is 0 Å². The van der Waals surface area contributed by atoms with Gasteiger partial charge in [-0.3, -0.25) is 0 Å². The molecule has 0 N–H and O–H groups in total. The van der Waals surface area contributed by atoms with Crippen molar-refractivity contribution in [3.8, 4) is 0 Å². The van der Waals surface area contributed by atoms with Gasteiger partial charge in [-0.15, -0.1) is 0 Å². The molecule has 0 heterocycles. The molecule has 0 saturated carbocycles. The highest BCUT2D eigenvalue weighted by Gasteiger charge is 2.13. The summed E-state index contributed by atoms with van der Waals surface area (Å²) in [6.07, 6.45) is 0. The summed E-state index contributed by atoms with van der Waals surface area (Å²) in [7, 11) is 0. The highest BCUT2D eigenvalue weighted by atomic mass is 32.1. The summed E-state index contributed by atoms with van der Waals surface area (Å²) < 4.78 is 0. The molecule has 0 rings (SSSR count). The molecule has 0 aromatic carbocycles. The van der Waals surface area contributed by atoms with E-state index in [1.54, 1.807) is 0 Å². The normalized spacial score (nSPS) is 10.9. The van der Waals surface area contributed by atoms with E-state index in [0.717, 1.165) is 4.86 Å². The van der Waals surface area contributed by atoms with Gasteiger partial charge in [0, 0.05) is 4.86 Å². The number of rotatable bonds is 1. The van der Waals surface area contributed by atoms with Gasteiger partial charge >= 0.3 is 0 Å². The van der Waals surface area contributed by atoms with E-state index in [1.165, 1.54) is 0 Å². The van der Waals surface area contributed by atoms with Crippen LogP contribution in [-0.2, 0) is 0 Å². The molecule has 0 amide bonds. The fourth-order valence-electron chi connectivity index (χ4n) is 0.153. The lowest BCUT2D eigenvalue weighted by atomic mass is 9.93. The largest absolute Gasteiger partial charge is 0.0827 e. The fourth-order valence-corrected chi connectivity index (χ4v) is 0.459. The molecule has 0 aliphatic heterocycles. The number of thiocarbonyl (C=S) groups is 2. The van der Waals surface area contributed by atoms with Crippen LogP contribution in [0.3, 0.4) is 0 Å². The summed E-state index contributed by atoms with van der Waals surface area (Å²) in [5.41, 5.74) is 0.0249. The van der Waals surface area contributed by atoms with Crippen LogP contribution in [0.25, 0.3) is 0 Å². The molecular weight excluding hydrogens is 136 g/mol. The van der Waals surface area contributed by atoms with E-state index in [1.807, 2.05) is 20.8 Å². The number of hydrogen-bond acceptors (Lipinski definition) is 2. The molecule has 0 spiro atoms. The van der Waals surface area contributed by atoms with Crippen molar-refractivity contribution >= 4 is 34.7 Å². The van der Waals surface area contributed by atoms with E-state index in [2.05, 4.69) is 17.6 Å². The molecule has 2 heteroatoms. The van der Waals surface area contributed by atoms with Crippen LogP contribution in [0.2, 0.25) is 0 Å². The van der Waals surface area contributed by atoms with Crippen LogP contribution in [0.4, 0.5) is 0 Å². The zero-order valence-electron chi connectivity index (χ0n) is 5.32. The summed E-state index contributed by atoms with van der Waals surface area (Å²) in [6, 6.07) is 0. The van der Waals surface area contributed by atoms with Crippen molar-refractivity contribution in [1.82, 2.24) is 0 Å². The van der Waals surface area contributed by atoms with Crippen molar-refractivity contribution in [2.75, 3.05) is 0 Å². The van der Waals surface area contributed by atoms with Crippen LogP contribution in [0.15, 0.2) is 0 Å². The molecule has 45 valence electrons. The summed E-state index contributed by atoms with van der Waals surface area (Å²) in [5.74, 6) is 0. The summed E-state index contributed by atoms with van der Waals surface area (Å²) in [6.45, 7) is 6.07. The van der Waals surface area contributed by atoms with Gasteiger partial charge in [0.25, 0.3) is 0 Å². The Morgan fingerprint density at radius 2 is 1.75 bits per heavy atom. The highest BCUT2D eigenvalue weighted by Crippen LogP contribution is 2.14. The van der Waals surface area contributed by atoms with Crippen molar-refractivity contribution in [2.45, 2.75) is 20.8 Å². The Hall–Kier alpha value is 0.180. The molecule has 1 radical (unpaired) electrons. The van der Waals surface area contributed by atoms with Gasteiger partial charge in [0.1, 0.15) is 0 Å². The van der Waals surface area contributed by atoms with Crippen molar-refractivity contribution < 1.29 is 0 Å². The van der Waals surface area contributed by atoms with E-state index in [9.17, 15) is 0 Å². The third-order valence-corrected chi connectivity index (χ3v) is 1.82. The molecule has 0 atom stereocenters. The van der Waals surface area contributed by atoms with Gasteiger partial charge in [0.15, 0.2) is 0 Å². The van der Waals surface area contributed by atoms with Gasteiger partial charge in [-0.2, -0.15) is 0 Å². The SMILES string of the molecule is CC(C)(C)C(=S)[C]=S. The molecule has 0 bridgehead atoms. The number of hydrogen-bond donors (Lipinski definition) is 0. The summed E-state index contributed by atoms with van der Waals surface area (Å²) in [4.78, 5) is 0.729. The predicted molar refractivity (Wildman–Crippen MR) is 44.7 cm³/mol. The maximum absolute atomic E-state index is 4.88. The molecule has 0 fully saturated rings. The van der Waals surface area contributed by atoms with Crippen molar-refractivity contribution in [3.05, 3.63) is 0 Å². The maximum atomic E-state index is 4.88. The highest BCUT2D eigenvalue weighted by molar-refractivity contribution is 7.88. The van der Waals surface area contributed by atoms with Crippen molar-refractivity contribution in [1.29, 1.82) is 0 Å². The Morgan fingerprint density at radius 3 is 1.75 bits per heavy atom. The van der Waals surface area contributed by atoms with E-state index >= 15 is 0 Å². The van der Waals surface area contributed by atoms with Crippen LogP contribution in [0, 0.1) is 5.41 Å². The third kappa shape index (κ3) is 2.48. The van der Waals surface area contributed by atoms with Gasteiger partial charge in [-0.05, 0) is 5.41 Å². The van der Waals surface area contributed by atoms with Crippen LogP contribution < -0.4 is 0 Å². The average molecular weight is 145 g/mol. The van der Waals surface area contributed by atoms with E-state index in [-0.39, 0.29) is 5.41 Å². The zero-order valence-corrected chi connectivity index (χ0v) is 6.95. The quantitative estimate of drug-likeness (QED) is 0.519. The lowest BCUT2D eigenvalue weighted by Crippen LogP contribution is -2.17. The third-order valence-electron chi connectivity index (χ3n) is 0.774. The maximum Gasteiger partial charge on any atom is 0.0714 e. The summed E-state index contributed by atoms with van der Waals surface area (Å²) in [5, 5.41) is 2.52. The van der Waals surface area contributed by atoms with Crippen LogP contribution >= 0.6 is 24.4 Å². The molecule has 0 nitrogen and oxygen atoms in total. The van der Waals surface area contributed by atoms with Crippen molar-refractivity contribution in [2.24, 2.45) is 5.41 Å². The van der Waals surface area contributed by atoms with E-state index in [4.69, 9.17) is 12.2 Å². The molecule has 0 aliphatic carbocycles. The average Bonchev–Trinajstić information content (AvgIpc) is 1.62. The Bertz CT molecular complexity index is 108. The standard InChI is InChI=1S/C6H9S2/c1-6(2,3)5(8)4-7/h1-3H3. The first kappa shape index (κ1) is 8.18. The summed E-state index contributed by atoms with van der Waals surface area (Å²) >= 11 is 9.41. The van der Waals surface area contributed by atoms with E-state index < -0.39 is 0 Å². The molecular formula is C6H9S2. The van der Waals surface area contributed by atoms with Gasteiger partial charge in [-0.1, -0.05) is 45.2 Å². The second-order valence-corrected chi connectivity index (χ2v) is 3.29. The smallest absolute Gasteiger partial charge is 0.0714 e. The Morgan fingerprint density at radius 1 is 1.38 bits per heavy atom. The molecule has 0 saturated heterocycles.